The lowest BCUT2D eigenvalue weighted by Gasteiger charge is -1.58. The normalized spacial score (nSPS) is 9.14. The van der Waals surface area contributed by atoms with Crippen molar-refractivity contribution in [2.45, 2.75) is 0 Å². The molecule has 0 saturated heterocycles. The molecule has 0 spiro atoms. The summed E-state index contributed by atoms with van der Waals surface area (Å²) < 4.78 is 21.4. The zero-order chi connectivity index (χ0) is 5.70. The van der Waals surface area contributed by atoms with E-state index in [9.17, 15) is 8.42 Å². The van der Waals surface area contributed by atoms with E-state index in [-0.39, 0.29) is 0 Å². The van der Waals surface area contributed by atoms with Crippen LogP contribution in [-0.4, -0.2) is 14.8 Å². The fraction of sp³-hybridized carbons (Fsp3) is 0. The van der Waals surface area contributed by atoms with Crippen LogP contribution in [0, 0.1) is 0 Å². The standard InChI is InChI=1S/CH3N3O2S/c2-1-3-4-7(5)6/h1H,(H2,2,3). The zero-order valence-corrected chi connectivity index (χ0v) is 4.09. The van der Waals surface area contributed by atoms with Crippen molar-refractivity contribution in [2.24, 2.45) is 15.3 Å². The van der Waals surface area contributed by atoms with E-state index >= 15 is 0 Å². The average Bonchev–Trinajstić information content (AvgIpc) is 1.61. The molecule has 0 fully saturated rings. The van der Waals surface area contributed by atoms with Crippen LogP contribution in [0.4, 0.5) is 0 Å². The van der Waals surface area contributed by atoms with Gasteiger partial charge in [-0.15, -0.1) is 5.10 Å². The molecule has 0 aromatic heterocycles. The number of rotatable bonds is 1. The van der Waals surface area contributed by atoms with Gasteiger partial charge in [-0.25, -0.2) is 0 Å². The SMILES string of the molecule is NC=NN=S(=O)=O. The molecule has 0 aliphatic heterocycles. The predicted octanol–water partition coefficient (Wildman–Crippen LogP) is -1.05. The van der Waals surface area contributed by atoms with Gasteiger partial charge < -0.3 is 5.73 Å². The minimum Gasteiger partial charge on any atom is -0.388 e. The molecule has 0 radical (unpaired) electrons. The zero-order valence-electron chi connectivity index (χ0n) is 3.27. The van der Waals surface area contributed by atoms with Gasteiger partial charge in [0.05, 0.1) is 0 Å². The van der Waals surface area contributed by atoms with Gasteiger partial charge in [-0.1, -0.05) is 0 Å². The number of hydrogen-bond acceptors (Lipinski definition) is 3. The van der Waals surface area contributed by atoms with Gasteiger partial charge in [0.15, 0.2) is 0 Å². The lowest BCUT2D eigenvalue weighted by molar-refractivity contribution is 0.621. The van der Waals surface area contributed by atoms with E-state index in [0.29, 0.717) is 0 Å². The van der Waals surface area contributed by atoms with Gasteiger partial charge in [-0.3, -0.25) is 0 Å². The fourth-order valence-corrected chi connectivity index (χ4v) is 0.197. The molecule has 7 heavy (non-hydrogen) atoms. The summed E-state index contributed by atoms with van der Waals surface area (Å²) in [7, 11) is -2.47. The van der Waals surface area contributed by atoms with Crippen molar-refractivity contribution in [2.75, 3.05) is 0 Å². The quantitative estimate of drug-likeness (QED) is 0.273. The van der Waals surface area contributed by atoms with E-state index < -0.39 is 10.5 Å². The van der Waals surface area contributed by atoms with Crippen LogP contribution in [-0.2, 0) is 10.5 Å². The molecule has 2 N–H and O–H groups in total. The van der Waals surface area contributed by atoms with Crippen molar-refractivity contribution >= 4 is 16.8 Å². The Morgan fingerprint density at radius 1 is 1.57 bits per heavy atom. The maximum Gasteiger partial charge on any atom is 0.334 e. The third-order valence-electron chi connectivity index (χ3n) is 0.180. The molecule has 0 heterocycles. The summed E-state index contributed by atoms with van der Waals surface area (Å²) in [5.74, 6) is 0. The second-order valence-corrected chi connectivity index (χ2v) is 1.16. The minimum atomic E-state index is -2.47. The topological polar surface area (TPSA) is 84.9 Å². The van der Waals surface area contributed by atoms with Gasteiger partial charge in [-0.05, 0) is 4.47 Å². The average molecular weight is 121 g/mol. The van der Waals surface area contributed by atoms with Crippen LogP contribution in [0.3, 0.4) is 0 Å². The van der Waals surface area contributed by atoms with Crippen LogP contribution in [0.15, 0.2) is 9.57 Å². The molecule has 0 rings (SSSR count). The summed E-state index contributed by atoms with van der Waals surface area (Å²) in [6, 6.07) is 0. The Balaban J connectivity index is 3.98. The molecule has 0 aliphatic rings. The van der Waals surface area contributed by atoms with E-state index in [1.807, 2.05) is 0 Å². The highest BCUT2D eigenvalue weighted by Crippen LogP contribution is 1.59. The third-order valence-corrected chi connectivity index (χ3v) is 0.408. The molecular weight excluding hydrogens is 118 g/mol. The van der Waals surface area contributed by atoms with Gasteiger partial charge in [0.1, 0.15) is 6.34 Å². The molecule has 0 amide bonds. The molecule has 0 unspecified atom stereocenters. The van der Waals surface area contributed by atoms with E-state index in [1.54, 1.807) is 0 Å². The van der Waals surface area contributed by atoms with Gasteiger partial charge in [0.2, 0.25) is 0 Å². The Kier molecular flexibility index (Phi) is 2.86. The van der Waals surface area contributed by atoms with Crippen molar-refractivity contribution < 1.29 is 8.42 Å². The Bertz CT molecular complexity index is 169. The Morgan fingerprint density at radius 3 is 2.29 bits per heavy atom. The molecule has 6 heteroatoms. The van der Waals surface area contributed by atoms with E-state index in [4.69, 9.17) is 0 Å². The van der Waals surface area contributed by atoms with Crippen LogP contribution in [0.2, 0.25) is 0 Å². The van der Waals surface area contributed by atoms with Gasteiger partial charge in [-0.2, -0.15) is 8.42 Å². The highest BCUT2D eigenvalue weighted by Gasteiger charge is 1.58. The summed E-state index contributed by atoms with van der Waals surface area (Å²) in [5.41, 5.74) is 4.62. The number of hydrogen-bond donors (Lipinski definition) is 1. The van der Waals surface area contributed by atoms with E-state index in [1.165, 1.54) is 0 Å². The van der Waals surface area contributed by atoms with Crippen LogP contribution >= 0.6 is 0 Å². The molecule has 0 bridgehead atoms. The van der Waals surface area contributed by atoms with Crippen molar-refractivity contribution in [1.29, 1.82) is 0 Å². The van der Waals surface area contributed by atoms with Gasteiger partial charge in [0.25, 0.3) is 0 Å². The van der Waals surface area contributed by atoms with Crippen molar-refractivity contribution in [1.82, 2.24) is 0 Å². The first-order valence-corrected chi connectivity index (χ1v) is 2.34. The first-order valence-electron chi connectivity index (χ1n) is 1.31. The van der Waals surface area contributed by atoms with Crippen LogP contribution < -0.4 is 5.73 Å². The molecule has 0 atom stereocenters. The maximum absolute atomic E-state index is 9.42. The third kappa shape index (κ3) is 5.09. The molecule has 0 aromatic rings. The molecule has 0 saturated carbocycles. The number of nitrogens with two attached hydrogens (primary N) is 1. The lowest BCUT2D eigenvalue weighted by Crippen LogP contribution is -1.84. The smallest absolute Gasteiger partial charge is 0.334 e. The van der Waals surface area contributed by atoms with Crippen molar-refractivity contribution in [3.8, 4) is 0 Å². The molecular formula is CH3N3O2S. The highest BCUT2D eigenvalue weighted by molar-refractivity contribution is 7.61. The monoisotopic (exact) mass is 121 g/mol. The molecule has 40 valence electrons. The summed E-state index contributed by atoms with van der Waals surface area (Å²) in [4.78, 5) is 0. The Hall–Kier alpha value is -0.910. The first kappa shape index (κ1) is 6.09. The van der Waals surface area contributed by atoms with Crippen LogP contribution in [0.1, 0.15) is 0 Å². The van der Waals surface area contributed by atoms with E-state index in [0.717, 1.165) is 6.34 Å². The second-order valence-electron chi connectivity index (χ2n) is 0.563. The predicted molar refractivity (Wildman–Crippen MR) is 24.0 cm³/mol. The second kappa shape index (κ2) is 3.29. The Morgan fingerprint density at radius 2 is 2.14 bits per heavy atom. The first-order chi connectivity index (χ1) is 3.27. The van der Waals surface area contributed by atoms with Crippen molar-refractivity contribution in [3.63, 3.8) is 0 Å². The lowest BCUT2D eigenvalue weighted by atomic mass is 11.4. The Labute approximate surface area is 41.5 Å². The molecule has 0 aromatic carbocycles. The molecule has 0 aliphatic carbocycles. The summed E-state index contributed by atoms with van der Waals surface area (Å²) in [6.45, 7) is 0. The van der Waals surface area contributed by atoms with E-state index in [2.05, 4.69) is 15.3 Å². The van der Waals surface area contributed by atoms with Gasteiger partial charge >= 0.3 is 10.5 Å². The molecule has 5 nitrogen and oxygen atoms in total. The van der Waals surface area contributed by atoms with Crippen molar-refractivity contribution in [3.05, 3.63) is 0 Å². The van der Waals surface area contributed by atoms with Gasteiger partial charge in [0, 0.05) is 0 Å². The minimum absolute atomic E-state index is 0.788. The maximum atomic E-state index is 9.42. The van der Waals surface area contributed by atoms with Crippen LogP contribution in [0.5, 0.6) is 0 Å². The fourth-order valence-electron chi connectivity index (χ4n) is 0.0657. The largest absolute Gasteiger partial charge is 0.388 e. The number of nitrogens with zero attached hydrogens (tertiary/aromatic N) is 2. The summed E-state index contributed by atoms with van der Waals surface area (Å²) in [5, 5.41) is 2.84. The summed E-state index contributed by atoms with van der Waals surface area (Å²) in [6.07, 6.45) is 0.788. The van der Waals surface area contributed by atoms with Crippen LogP contribution in [0.25, 0.3) is 0 Å². The summed E-state index contributed by atoms with van der Waals surface area (Å²) >= 11 is 0. The highest BCUT2D eigenvalue weighted by atomic mass is 32.2.